The fourth-order valence-corrected chi connectivity index (χ4v) is 2.47. The van der Waals surface area contributed by atoms with E-state index in [9.17, 15) is 5.11 Å². The molecule has 0 aliphatic carbocycles. The maximum atomic E-state index is 10.0. The van der Waals surface area contributed by atoms with Crippen LogP contribution in [0.15, 0.2) is 28.9 Å². The topological polar surface area (TPSA) is 38.0 Å². The first-order valence-electron chi connectivity index (χ1n) is 6.30. The molecule has 0 aliphatic rings. The van der Waals surface area contributed by atoms with E-state index >= 15 is 0 Å². The fraction of sp³-hybridized carbons (Fsp3) is 0.400. The Labute approximate surface area is 122 Å². The number of nitrogens with zero attached hydrogens (tertiary/aromatic N) is 2. The monoisotopic (exact) mass is 322 g/mol. The first kappa shape index (κ1) is 14.3. The van der Waals surface area contributed by atoms with Gasteiger partial charge >= 0.3 is 0 Å². The van der Waals surface area contributed by atoms with Crippen LogP contribution in [0.25, 0.3) is 0 Å². The van der Waals surface area contributed by atoms with E-state index in [-0.39, 0.29) is 0 Å². The number of hydrogen-bond donors (Lipinski definition) is 1. The van der Waals surface area contributed by atoms with Gasteiger partial charge in [0.05, 0.1) is 12.2 Å². The van der Waals surface area contributed by atoms with Gasteiger partial charge in [-0.2, -0.15) is 5.10 Å². The smallest absolute Gasteiger partial charge is 0.104 e. The van der Waals surface area contributed by atoms with Gasteiger partial charge in [-0.25, -0.2) is 0 Å². The number of aromatic nitrogens is 2. The van der Waals surface area contributed by atoms with Gasteiger partial charge in [-0.1, -0.05) is 18.2 Å². The van der Waals surface area contributed by atoms with Gasteiger partial charge in [-0.15, -0.1) is 0 Å². The van der Waals surface area contributed by atoms with Crippen molar-refractivity contribution >= 4 is 15.9 Å². The first-order valence-corrected chi connectivity index (χ1v) is 7.09. The van der Waals surface area contributed by atoms with Crippen molar-refractivity contribution in [2.75, 3.05) is 0 Å². The Morgan fingerprint density at radius 3 is 2.32 bits per heavy atom. The number of aliphatic hydroxyl groups is 1. The quantitative estimate of drug-likeness (QED) is 0.938. The summed E-state index contributed by atoms with van der Waals surface area (Å²) in [5, 5.41) is 14.5. The van der Waals surface area contributed by atoms with Crippen molar-refractivity contribution in [2.24, 2.45) is 0 Å². The molecule has 0 atom stereocenters. The maximum Gasteiger partial charge on any atom is 0.104 e. The predicted molar refractivity (Wildman–Crippen MR) is 80.2 cm³/mol. The molecule has 1 N–H and O–H groups in total. The highest BCUT2D eigenvalue weighted by atomic mass is 79.9. The van der Waals surface area contributed by atoms with E-state index in [2.05, 4.69) is 53.1 Å². The number of aryl methyl sites for hydroxylation is 2. The van der Waals surface area contributed by atoms with Crippen LogP contribution in [0.5, 0.6) is 0 Å². The number of benzene rings is 1. The third-order valence-corrected chi connectivity index (χ3v) is 3.95. The molecular formula is C15H19BrN2O. The van der Waals surface area contributed by atoms with E-state index in [4.69, 9.17) is 0 Å². The van der Waals surface area contributed by atoms with Crippen LogP contribution in [-0.4, -0.2) is 14.9 Å². The van der Waals surface area contributed by atoms with E-state index < -0.39 is 5.60 Å². The lowest BCUT2D eigenvalue weighted by Gasteiger charge is -2.14. The zero-order valence-electron chi connectivity index (χ0n) is 11.7. The minimum absolute atomic E-state index is 0.672. The number of hydrogen-bond acceptors (Lipinski definition) is 2. The summed E-state index contributed by atoms with van der Waals surface area (Å²) in [5.74, 6) is 0. The number of rotatable bonds is 3. The minimum atomic E-state index is -0.922. The maximum absolute atomic E-state index is 10.0. The molecule has 0 saturated carbocycles. The molecule has 0 bridgehead atoms. The second kappa shape index (κ2) is 5.10. The molecule has 3 nitrogen and oxygen atoms in total. The van der Waals surface area contributed by atoms with E-state index in [0.717, 1.165) is 4.60 Å². The van der Waals surface area contributed by atoms with Crippen LogP contribution in [0, 0.1) is 13.8 Å². The molecule has 0 amide bonds. The highest BCUT2D eigenvalue weighted by molar-refractivity contribution is 9.10. The largest absolute Gasteiger partial charge is 0.384 e. The standard InChI is InChI=1S/C15H19BrN2O/c1-10-6-5-7-11(2)12(10)9-18-14(16)8-13(17-18)15(3,4)19/h5-8,19H,9H2,1-4H3. The Bertz CT molecular complexity index is 576. The molecular weight excluding hydrogens is 304 g/mol. The van der Waals surface area contributed by atoms with Crippen LogP contribution in [0.3, 0.4) is 0 Å². The summed E-state index contributed by atoms with van der Waals surface area (Å²) in [6.45, 7) is 8.40. The summed E-state index contributed by atoms with van der Waals surface area (Å²) in [6, 6.07) is 8.15. The zero-order valence-corrected chi connectivity index (χ0v) is 13.3. The van der Waals surface area contributed by atoms with Crippen LogP contribution >= 0.6 is 15.9 Å². The minimum Gasteiger partial charge on any atom is -0.384 e. The van der Waals surface area contributed by atoms with E-state index in [1.807, 2.05) is 10.7 Å². The zero-order chi connectivity index (χ0) is 14.2. The van der Waals surface area contributed by atoms with Gasteiger partial charge in [-0.3, -0.25) is 4.68 Å². The summed E-state index contributed by atoms with van der Waals surface area (Å²) in [4.78, 5) is 0. The van der Waals surface area contributed by atoms with Crippen LogP contribution < -0.4 is 0 Å². The lowest BCUT2D eigenvalue weighted by molar-refractivity contribution is 0.0731. The molecule has 0 saturated heterocycles. The average Bonchev–Trinajstić information content (AvgIpc) is 2.65. The molecule has 0 fully saturated rings. The van der Waals surface area contributed by atoms with Crippen molar-refractivity contribution < 1.29 is 5.11 Å². The number of halogens is 1. The second-order valence-electron chi connectivity index (χ2n) is 5.44. The molecule has 2 aromatic rings. The van der Waals surface area contributed by atoms with Crippen molar-refractivity contribution in [1.82, 2.24) is 9.78 Å². The van der Waals surface area contributed by atoms with Gasteiger partial charge in [0, 0.05) is 0 Å². The first-order chi connectivity index (χ1) is 8.79. The van der Waals surface area contributed by atoms with Crippen LogP contribution in [0.4, 0.5) is 0 Å². The molecule has 102 valence electrons. The molecule has 4 heteroatoms. The van der Waals surface area contributed by atoms with E-state index in [1.54, 1.807) is 13.8 Å². The van der Waals surface area contributed by atoms with Crippen molar-refractivity contribution in [3.63, 3.8) is 0 Å². The average molecular weight is 323 g/mol. The van der Waals surface area contributed by atoms with Gasteiger partial charge in [0.2, 0.25) is 0 Å². The van der Waals surface area contributed by atoms with E-state index in [0.29, 0.717) is 12.2 Å². The normalized spacial score (nSPS) is 11.9. The van der Waals surface area contributed by atoms with Crippen molar-refractivity contribution in [1.29, 1.82) is 0 Å². The Hall–Kier alpha value is -1.13. The van der Waals surface area contributed by atoms with Gasteiger partial charge in [0.25, 0.3) is 0 Å². The molecule has 1 heterocycles. The Morgan fingerprint density at radius 1 is 1.26 bits per heavy atom. The second-order valence-corrected chi connectivity index (χ2v) is 6.25. The molecule has 1 aromatic heterocycles. The van der Waals surface area contributed by atoms with Gasteiger partial charge in [0.1, 0.15) is 10.2 Å². The molecule has 19 heavy (non-hydrogen) atoms. The molecule has 0 unspecified atom stereocenters. The Balaban J connectivity index is 2.37. The van der Waals surface area contributed by atoms with E-state index in [1.165, 1.54) is 16.7 Å². The van der Waals surface area contributed by atoms with Gasteiger partial charge < -0.3 is 5.11 Å². The molecule has 0 radical (unpaired) electrons. The van der Waals surface area contributed by atoms with Gasteiger partial charge in [-0.05, 0) is 66.4 Å². The fourth-order valence-electron chi connectivity index (χ4n) is 2.05. The Morgan fingerprint density at radius 2 is 1.84 bits per heavy atom. The molecule has 0 aliphatic heterocycles. The molecule has 2 rings (SSSR count). The van der Waals surface area contributed by atoms with Crippen molar-refractivity contribution in [2.45, 2.75) is 39.8 Å². The molecule has 1 aromatic carbocycles. The lowest BCUT2D eigenvalue weighted by atomic mass is 10.0. The summed E-state index contributed by atoms with van der Waals surface area (Å²) in [7, 11) is 0. The lowest BCUT2D eigenvalue weighted by Crippen LogP contribution is -2.17. The van der Waals surface area contributed by atoms with Crippen LogP contribution in [-0.2, 0) is 12.1 Å². The highest BCUT2D eigenvalue weighted by Crippen LogP contribution is 2.24. The summed E-state index contributed by atoms with van der Waals surface area (Å²) in [6.07, 6.45) is 0. The van der Waals surface area contributed by atoms with Crippen LogP contribution in [0.2, 0.25) is 0 Å². The summed E-state index contributed by atoms with van der Waals surface area (Å²) < 4.78 is 2.76. The van der Waals surface area contributed by atoms with Gasteiger partial charge in [0.15, 0.2) is 0 Å². The molecule has 0 spiro atoms. The van der Waals surface area contributed by atoms with Crippen molar-refractivity contribution in [3.05, 3.63) is 51.3 Å². The third-order valence-electron chi connectivity index (χ3n) is 3.31. The predicted octanol–water partition coefficient (Wildman–Crippen LogP) is 3.54. The third kappa shape index (κ3) is 3.07. The summed E-state index contributed by atoms with van der Waals surface area (Å²) >= 11 is 3.51. The van der Waals surface area contributed by atoms with Crippen molar-refractivity contribution in [3.8, 4) is 0 Å². The SMILES string of the molecule is Cc1cccc(C)c1Cn1nc(C(C)(C)O)cc1Br. The highest BCUT2D eigenvalue weighted by Gasteiger charge is 2.21. The van der Waals surface area contributed by atoms with Crippen LogP contribution in [0.1, 0.15) is 36.2 Å². The summed E-state index contributed by atoms with van der Waals surface area (Å²) in [5.41, 5.74) is 3.53. The Kier molecular flexibility index (Phi) is 3.83.